The fourth-order valence-electron chi connectivity index (χ4n) is 1.38. The van der Waals surface area contributed by atoms with E-state index in [1.807, 2.05) is 6.08 Å². The zero-order valence-electron chi connectivity index (χ0n) is 13.0. The lowest BCUT2D eigenvalue weighted by Gasteiger charge is -1.93. The number of ether oxygens (including phenoxy) is 1. The summed E-state index contributed by atoms with van der Waals surface area (Å²) in [5.41, 5.74) is 0. The Bertz CT molecular complexity index is 539. The summed E-state index contributed by atoms with van der Waals surface area (Å²) in [6, 6.07) is 0. The summed E-state index contributed by atoms with van der Waals surface area (Å²) >= 11 is 3.15. The van der Waals surface area contributed by atoms with Crippen LogP contribution in [0, 0.1) is 35.5 Å². The van der Waals surface area contributed by atoms with Gasteiger partial charge in [0.2, 0.25) is 0 Å². The number of rotatable bonds is 7. The van der Waals surface area contributed by atoms with Crippen LogP contribution in [-0.4, -0.2) is 13.1 Å². The maximum absolute atomic E-state index is 10.8. The number of hydrogen-bond donors (Lipinski definition) is 0. The molecule has 3 heteroatoms. The fraction of sp³-hybridized carbons (Fsp3) is 0.421. The first-order valence-electron chi connectivity index (χ1n) is 7.25. The van der Waals surface area contributed by atoms with E-state index in [4.69, 9.17) is 0 Å². The van der Waals surface area contributed by atoms with E-state index in [1.165, 1.54) is 7.11 Å². The van der Waals surface area contributed by atoms with Gasteiger partial charge >= 0.3 is 5.97 Å². The van der Waals surface area contributed by atoms with Gasteiger partial charge in [-0.15, -0.1) is 0 Å². The van der Waals surface area contributed by atoms with Crippen LogP contribution in [-0.2, 0) is 9.53 Å². The van der Waals surface area contributed by atoms with Crippen LogP contribution in [0.15, 0.2) is 23.2 Å². The molecule has 0 amide bonds. The van der Waals surface area contributed by atoms with Gasteiger partial charge < -0.3 is 4.74 Å². The lowest BCUT2D eigenvalue weighted by molar-refractivity contribution is -0.140. The lowest BCUT2D eigenvalue weighted by Crippen LogP contribution is -1.98. The molecule has 0 saturated carbocycles. The van der Waals surface area contributed by atoms with Crippen molar-refractivity contribution in [2.45, 2.75) is 44.9 Å². The molecule has 0 atom stereocenters. The van der Waals surface area contributed by atoms with Crippen molar-refractivity contribution in [1.29, 1.82) is 0 Å². The molecule has 0 spiro atoms. The van der Waals surface area contributed by atoms with E-state index in [9.17, 15) is 4.79 Å². The van der Waals surface area contributed by atoms with E-state index >= 15 is 0 Å². The van der Waals surface area contributed by atoms with Gasteiger partial charge in [-0.2, -0.15) is 0 Å². The molecule has 2 nitrogen and oxygen atoms in total. The quantitative estimate of drug-likeness (QED) is 0.383. The molecule has 0 radical (unpaired) electrons. The van der Waals surface area contributed by atoms with Crippen molar-refractivity contribution in [2.75, 3.05) is 7.11 Å². The van der Waals surface area contributed by atoms with Crippen molar-refractivity contribution in [2.24, 2.45) is 0 Å². The fourth-order valence-corrected chi connectivity index (χ4v) is 1.51. The largest absolute Gasteiger partial charge is 0.469 e. The van der Waals surface area contributed by atoms with E-state index < -0.39 is 0 Å². The molecule has 0 unspecified atom stereocenters. The highest BCUT2D eigenvalue weighted by molar-refractivity contribution is 9.11. The molecule has 22 heavy (non-hydrogen) atoms. The molecular formula is C19H21BrO2. The summed E-state index contributed by atoms with van der Waals surface area (Å²) in [6.07, 6.45) is 11.6. The predicted molar refractivity (Wildman–Crippen MR) is 94.9 cm³/mol. The molecule has 116 valence electrons. The maximum Gasteiger partial charge on any atom is 0.305 e. The molecular weight excluding hydrogens is 340 g/mol. The summed E-state index contributed by atoms with van der Waals surface area (Å²) in [5.74, 6) is 17.2. The molecule has 0 heterocycles. The number of hydrogen-bond acceptors (Lipinski definition) is 2. The van der Waals surface area contributed by atoms with Gasteiger partial charge in [0.25, 0.3) is 0 Å². The summed E-state index contributed by atoms with van der Waals surface area (Å²) in [6.45, 7) is 0. The van der Waals surface area contributed by atoms with Gasteiger partial charge in [0.15, 0.2) is 0 Å². The van der Waals surface area contributed by atoms with E-state index in [-0.39, 0.29) is 5.97 Å². The normalized spacial score (nSPS) is 9.36. The van der Waals surface area contributed by atoms with E-state index in [1.54, 1.807) is 11.1 Å². The monoisotopic (exact) mass is 360 g/mol. The Morgan fingerprint density at radius 1 is 1.05 bits per heavy atom. The summed E-state index contributed by atoms with van der Waals surface area (Å²) < 4.78 is 4.54. The SMILES string of the molecule is COC(=O)CCCC#CC#CCCCCC=CC#CC=CBr. The molecule has 0 bridgehead atoms. The molecule has 0 aliphatic rings. The van der Waals surface area contributed by atoms with Crippen molar-refractivity contribution < 1.29 is 9.53 Å². The second-order valence-corrected chi connectivity index (χ2v) is 4.79. The first-order chi connectivity index (χ1) is 10.8. The highest BCUT2D eigenvalue weighted by Gasteiger charge is 1.96. The lowest BCUT2D eigenvalue weighted by atomic mass is 10.2. The van der Waals surface area contributed by atoms with Gasteiger partial charge in [0, 0.05) is 19.3 Å². The first kappa shape index (κ1) is 20.1. The van der Waals surface area contributed by atoms with Crippen LogP contribution >= 0.6 is 15.9 Å². The summed E-state index contributed by atoms with van der Waals surface area (Å²) in [5, 5.41) is 0. The van der Waals surface area contributed by atoms with Crippen LogP contribution < -0.4 is 0 Å². The Hall–Kier alpha value is -1.89. The molecule has 0 fully saturated rings. The highest BCUT2D eigenvalue weighted by atomic mass is 79.9. The Balaban J connectivity index is 3.54. The number of methoxy groups -OCH3 is 1. The Morgan fingerprint density at radius 3 is 2.41 bits per heavy atom. The van der Waals surface area contributed by atoms with Crippen LogP contribution in [0.3, 0.4) is 0 Å². The maximum atomic E-state index is 10.8. The number of allylic oxidation sites excluding steroid dienone is 3. The Morgan fingerprint density at radius 2 is 1.73 bits per heavy atom. The van der Waals surface area contributed by atoms with Crippen LogP contribution in [0.25, 0.3) is 0 Å². The smallest absolute Gasteiger partial charge is 0.305 e. The van der Waals surface area contributed by atoms with Gasteiger partial charge in [0.1, 0.15) is 0 Å². The Labute approximate surface area is 142 Å². The topological polar surface area (TPSA) is 26.3 Å². The average molecular weight is 361 g/mol. The van der Waals surface area contributed by atoms with Gasteiger partial charge in [0.05, 0.1) is 7.11 Å². The molecule has 0 aromatic heterocycles. The highest BCUT2D eigenvalue weighted by Crippen LogP contribution is 1.99. The molecule has 0 aromatic carbocycles. The molecule has 0 saturated heterocycles. The van der Waals surface area contributed by atoms with Crippen molar-refractivity contribution in [3.63, 3.8) is 0 Å². The third-order valence-electron chi connectivity index (χ3n) is 2.50. The molecule has 0 aliphatic carbocycles. The number of halogens is 1. The van der Waals surface area contributed by atoms with Crippen molar-refractivity contribution >= 4 is 21.9 Å². The van der Waals surface area contributed by atoms with Crippen LogP contribution in [0.4, 0.5) is 0 Å². The number of unbranched alkanes of at least 4 members (excludes halogenated alkanes) is 4. The predicted octanol–water partition coefficient (Wildman–Crippen LogP) is 4.37. The first-order valence-corrected chi connectivity index (χ1v) is 8.16. The van der Waals surface area contributed by atoms with Crippen molar-refractivity contribution in [3.8, 4) is 35.5 Å². The second kappa shape index (κ2) is 17.2. The average Bonchev–Trinajstić information content (AvgIpc) is 2.54. The standard InChI is InChI=1S/C19H21BrO2/c1-22-19(21)17-15-13-11-9-7-5-3-2-4-6-8-10-12-14-16-18-20/h8,10,16,18H,2-4,6,13,15,17H2,1H3. The van der Waals surface area contributed by atoms with E-state index in [0.717, 1.165) is 32.1 Å². The van der Waals surface area contributed by atoms with E-state index in [2.05, 4.69) is 62.3 Å². The third kappa shape index (κ3) is 16.2. The van der Waals surface area contributed by atoms with E-state index in [0.29, 0.717) is 12.8 Å². The zero-order chi connectivity index (χ0) is 16.3. The zero-order valence-corrected chi connectivity index (χ0v) is 14.5. The van der Waals surface area contributed by atoms with Crippen molar-refractivity contribution in [1.82, 2.24) is 0 Å². The Kier molecular flexibility index (Phi) is 15.7. The molecule has 0 N–H and O–H groups in total. The summed E-state index contributed by atoms with van der Waals surface area (Å²) in [7, 11) is 1.39. The number of carbonyl (C=O) groups excluding carboxylic acids is 1. The van der Waals surface area contributed by atoms with Gasteiger partial charge in [-0.25, -0.2) is 0 Å². The van der Waals surface area contributed by atoms with Crippen LogP contribution in [0.2, 0.25) is 0 Å². The second-order valence-electron chi connectivity index (χ2n) is 4.26. The summed E-state index contributed by atoms with van der Waals surface area (Å²) in [4.78, 5) is 12.6. The molecule has 0 aromatic rings. The molecule has 0 rings (SSSR count). The minimum atomic E-state index is -0.188. The van der Waals surface area contributed by atoms with Gasteiger partial charge in [-0.3, -0.25) is 4.79 Å². The minimum absolute atomic E-state index is 0.188. The number of carbonyl (C=O) groups is 1. The van der Waals surface area contributed by atoms with Crippen molar-refractivity contribution in [3.05, 3.63) is 23.2 Å². The van der Waals surface area contributed by atoms with Crippen LogP contribution in [0.5, 0.6) is 0 Å². The third-order valence-corrected chi connectivity index (χ3v) is 2.77. The van der Waals surface area contributed by atoms with Gasteiger partial charge in [-0.05, 0) is 54.7 Å². The van der Waals surface area contributed by atoms with Crippen LogP contribution in [0.1, 0.15) is 44.9 Å². The van der Waals surface area contributed by atoms with Gasteiger partial charge in [-0.1, -0.05) is 45.7 Å². The number of esters is 1. The molecule has 0 aliphatic heterocycles. The minimum Gasteiger partial charge on any atom is -0.469 e.